The van der Waals surface area contributed by atoms with Crippen molar-refractivity contribution in [1.82, 2.24) is 0 Å². The minimum atomic E-state index is -0.348. The second kappa shape index (κ2) is 8.25. The summed E-state index contributed by atoms with van der Waals surface area (Å²) in [4.78, 5) is 11.0. The van der Waals surface area contributed by atoms with Gasteiger partial charge < -0.3 is 14.0 Å². The molecule has 0 saturated heterocycles. The van der Waals surface area contributed by atoms with Crippen molar-refractivity contribution < 1.29 is 18.8 Å². The molecule has 17 heavy (non-hydrogen) atoms. The van der Waals surface area contributed by atoms with Crippen LogP contribution in [0.5, 0.6) is 0 Å². The molecule has 4 heteroatoms. The van der Waals surface area contributed by atoms with Crippen molar-refractivity contribution in [1.29, 1.82) is 0 Å². The summed E-state index contributed by atoms with van der Waals surface area (Å²) in [7, 11) is 6.54. The largest absolute Gasteiger partial charge is 0.460 e. The van der Waals surface area contributed by atoms with Crippen molar-refractivity contribution in [3.63, 3.8) is 0 Å². The number of esters is 1. The van der Waals surface area contributed by atoms with E-state index in [0.717, 1.165) is 30.5 Å². The Morgan fingerprint density at radius 1 is 1.12 bits per heavy atom. The number of hydrogen-bond donors (Lipinski definition) is 0. The van der Waals surface area contributed by atoms with E-state index in [2.05, 4.69) is 27.7 Å². The fourth-order valence-electron chi connectivity index (χ4n) is 1.21. The number of carbonyl (C=O) groups is 1. The molecule has 0 radical (unpaired) electrons. The molecule has 0 fully saturated rings. The van der Waals surface area contributed by atoms with Crippen LogP contribution in [0.1, 0.15) is 19.8 Å². The van der Waals surface area contributed by atoms with Crippen molar-refractivity contribution in [3.8, 4) is 0 Å². The molecule has 0 aliphatic rings. The fourth-order valence-corrected chi connectivity index (χ4v) is 1.21. The Kier molecular flexibility index (Phi) is 7.83. The summed E-state index contributed by atoms with van der Waals surface area (Å²) < 4.78 is 11.2. The normalized spacial score (nSPS) is 11.3. The van der Waals surface area contributed by atoms with Crippen molar-refractivity contribution >= 4 is 5.97 Å². The third kappa shape index (κ3) is 11.4. The molecule has 4 nitrogen and oxygen atoms in total. The molecule has 0 aromatic rings. The monoisotopic (exact) mass is 244 g/mol. The zero-order chi connectivity index (χ0) is 13.3. The Morgan fingerprint density at radius 3 is 2.29 bits per heavy atom. The van der Waals surface area contributed by atoms with Gasteiger partial charge in [0.05, 0.1) is 34.3 Å². The number of carbonyl (C=O) groups excluding carboxylic acids is 1. The molecule has 0 atom stereocenters. The summed E-state index contributed by atoms with van der Waals surface area (Å²) in [6.45, 7) is 7.78. The first-order valence-corrected chi connectivity index (χ1v) is 6.04. The molecular formula is C13H26NO3+. The highest BCUT2D eigenvalue weighted by Gasteiger charge is 2.05. The van der Waals surface area contributed by atoms with Crippen molar-refractivity contribution in [2.24, 2.45) is 0 Å². The van der Waals surface area contributed by atoms with E-state index in [9.17, 15) is 4.79 Å². The second-order valence-corrected chi connectivity index (χ2v) is 5.25. The quantitative estimate of drug-likeness (QED) is 0.267. The van der Waals surface area contributed by atoms with Gasteiger partial charge in [0.1, 0.15) is 6.61 Å². The van der Waals surface area contributed by atoms with Crippen LogP contribution >= 0.6 is 0 Å². The van der Waals surface area contributed by atoms with Crippen LogP contribution in [0, 0.1) is 0 Å². The maximum absolute atomic E-state index is 11.0. The summed E-state index contributed by atoms with van der Waals surface area (Å²) in [6.07, 6.45) is 2.19. The van der Waals surface area contributed by atoms with Crippen LogP contribution in [0.4, 0.5) is 0 Å². The minimum Gasteiger partial charge on any atom is -0.460 e. The first-order chi connectivity index (χ1) is 7.83. The average molecular weight is 244 g/mol. The van der Waals surface area contributed by atoms with E-state index < -0.39 is 0 Å². The molecule has 0 aliphatic heterocycles. The summed E-state index contributed by atoms with van der Waals surface area (Å²) in [6, 6.07) is 0. The van der Waals surface area contributed by atoms with Crippen LogP contribution < -0.4 is 0 Å². The highest BCUT2D eigenvalue weighted by Crippen LogP contribution is 1.98. The van der Waals surface area contributed by atoms with Gasteiger partial charge in [-0.2, -0.15) is 0 Å². The topological polar surface area (TPSA) is 35.5 Å². The predicted octanol–water partition coefficient (Wildman–Crippen LogP) is 1.61. The number of ether oxygens (including phenoxy) is 2. The predicted molar refractivity (Wildman–Crippen MR) is 68.7 cm³/mol. The highest BCUT2D eigenvalue weighted by molar-refractivity contribution is 5.86. The molecule has 0 saturated carbocycles. The number of nitrogens with zero attached hydrogens (tertiary/aromatic N) is 1. The molecule has 0 spiro atoms. The van der Waals surface area contributed by atoms with E-state index in [4.69, 9.17) is 9.47 Å². The van der Waals surface area contributed by atoms with E-state index in [1.54, 1.807) is 6.92 Å². The lowest BCUT2D eigenvalue weighted by molar-refractivity contribution is -0.870. The Labute approximate surface area is 105 Å². The van der Waals surface area contributed by atoms with Crippen LogP contribution in [0.15, 0.2) is 12.2 Å². The first kappa shape index (κ1) is 16.1. The molecule has 100 valence electrons. The third-order valence-electron chi connectivity index (χ3n) is 2.18. The van der Waals surface area contributed by atoms with E-state index in [-0.39, 0.29) is 5.97 Å². The summed E-state index contributed by atoms with van der Waals surface area (Å²) in [5.41, 5.74) is 0.424. The molecule has 0 bridgehead atoms. The Bertz CT molecular complexity index is 244. The van der Waals surface area contributed by atoms with Crippen molar-refractivity contribution in [2.75, 3.05) is 47.5 Å². The van der Waals surface area contributed by atoms with E-state index in [0.29, 0.717) is 18.8 Å². The number of unbranched alkanes of at least 4 members (excludes halogenated alkanes) is 1. The highest BCUT2D eigenvalue weighted by atomic mass is 16.6. The van der Waals surface area contributed by atoms with Gasteiger partial charge >= 0.3 is 5.97 Å². The maximum atomic E-state index is 11.0. The summed E-state index contributed by atoms with van der Waals surface area (Å²) >= 11 is 0. The Morgan fingerprint density at radius 2 is 1.76 bits per heavy atom. The number of quaternary nitrogens is 1. The van der Waals surface area contributed by atoms with Crippen LogP contribution in [-0.4, -0.2) is 58.0 Å². The Hall–Kier alpha value is -0.870. The van der Waals surface area contributed by atoms with E-state index in [1.807, 2.05) is 0 Å². The van der Waals surface area contributed by atoms with Gasteiger partial charge in [-0.05, 0) is 19.8 Å². The van der Waals surface area contributed by atoms with E-state index >= 15 is 0 Å². The molecular weight excluding hydrogens is 218 g/mol. The lowest BCUT2D eigenvalue weighted by atomic mass is 10.3. The Balaban J connectivity index is 3.25. The van der Waals surface area contributed by atoms with Crippen molar-refractivity contribution in [2.45, 2.75) is 19.8 Å². The van der Waals surface area contributed by atoms with Gasteiger partial charge in [0.15, 0.2) is 0 Å². The van der Waals surface area contributed by atoms with E-state index in [1.165, 1.54) is 0 Å². The summed E-state index contributed by atoms with van der Waals surface area (Å²) in [5.74, 6) is -0.348. The smallest absolute Gasteiger partial charge is 0.333 e. The zero-order valence-electron chi connectivity index (χ0n) is 11.6. The molecule has 0 aromatic carbocycles. The molecule has 0 amide bonds. The zero-order valence-corrected chi connectivity index (χ0v) is 11.6. The summed E-state index contributed by atoms with van der Waals surface area (Å²) in [5, 5.41) is 0. The first-order valence-electron chi connectivity index (χ1n) is 6.04. The molecule has 0 unspecified atom stereocenters. The van der Waals surface area contributed by atoms with Gasteiger partial charge in [-0.1, -0.05) is 6.58 Å². The molecule has 0 aromatic heterocycles. The van der Waals surface area contributed by atoms with Gasteiger partial charge in [-0.25, -0.2) is 4.79 Å². The van der Waals surface area contributed by atoms with Gasteiger partial charge in [0, 0.05) is 12.2 Å². The SMILES string of the molecule is C=C(C)C(=O)OCCOCCCC[N+](C)(C)C. The van der Waals surface area contributed by atoms with Gasteiger partial charge in [0.2, 0.25) is 0 Å². The fraction of sp³-hybridized carbons (Fsp3) is 0.769. The minimum absolute atomic E-state index is 0.307. The average Bonchev–Trinajstić information content (AvgIpc) is 2.19. The van der Waals surface area contributed by atoms with Crippen LogP contribution in [0.25, 0.3) is 0 Å². The van der Waals surface area contributed by atoms with Crippen molar-refractivity contribution in [3.05, 3.63) is 12.2 Å². The van der Waals surface area contributed by atoms with Crippen LogP contribution in [-0.2, 0) is 14.3 Å². The molecule has 0 N–H and O–H groups in total. The lowest BCUT2D eigenvalue weighted by Crippen LogP contribution is -2.35. The third-order valence-corrected chi connectivity index (χ3v) is 2.18. The molecule has 0 heterocycles. The van der Waals surface area contributed by atoms with Gasteiger partial charge in [-0.3, -0.25) is 0 Å². The van der Waals surface area contributed by atoms with Crippen LogP contribution in [0.2, 0.25) is 0 Å². The van der Waals surface area contributed by atoms with Gasteiger partial charge in [0.25, 0.3) is 0 Å². The number of rotatable bonds is 9. The number of hydrogen-bond acceptors (Lipinski definition) is 3. The molecule has 0 rings (SSSR count). The maximum Gasteiger partial charge on any atom is 0.333 e. The second-order valence-electron chi connectivity index (χ2n) is 5.25. The lowest BCUT2D eigenvalue weighted by Gasteiger charge is -2.23. The standard InChI is InChI=1S/C13H26NO3/c1-12(2)13(15)17-11-10-16-9-7-6-8-14(3,4)5/h1,6-11H2,2-5H3/q+1. The molecule has 0 aliphatic carbocycles. The van der Waals surface area contributed by atoms with Crippen LogP contribution in [0.3, 0.4) is 0 Å². The van der Waals surface area contributed by atoms with Gasteiger partial charge in [-0.15, -0.1) is 0 Å².